The van der Waals surface area contributed by atoms with Gasteiger partial charge < -0.3 is 0 Å². The molecule has 0 unspecified atom stereocenters. The molecule has 0 spiro atoms. The zero-order valence-electron chi connectivity index (χ0n) is 5.50. The summed E-state index contributed by atoms with van der Waals surface area (Å²) in [6.45, 7) is -0.422. The largest absolute Gasteiger partial charge is 0.264 e. The summed E-state index contributed by atoms with van der Waals surface area (Å²) in [5.41, 5.74) is 0.931. The minimum absolute atomic E-state index is 0.422. The maximum absolute atomic E-state index is 11.6. The Morgan fingerprint density at radius 1 is 1.60 bits per heavy atom. The number of allylic oxidation sites excluding steroid dienone is 1. The van der Waals surface area contributed by atoms with Gasteiger partial charge in [0.1, 0.15) is 6.67 Å². The van der Waals surface area contributed by atoms with E-state index in [0.29, 0.717) is 0 Å². The van der Waals surface area contributed by atoms with Crippen LogP contribution in [-0.4, -0.2) is 11.7 Å². The van der Waals surface area contributed by atoms with E-state index in [1.54, 1.807) is 18.5 Å². The zero-order chi connectivity index (χ0) is 7.23. The molecule has 1 rings (SSSR count). The first kappa shape index (κ1) is 6.93. The maximum atomic E-state index is 11.6. The number of halogens is 1. The van der Waals surface area contributed by atoms with Gasteiger partial charge in [-0.1, -0.05) is 18.2 Å². The summed E-state index contributed by atoms with van der Waals surface area (Å²) in [7, 11) is 0. The van der Waals surface area contributed by atoms with E-state index in [-0.39, 0.29) is 0 Å². The van der Waals surface area contributed by atoms with Gasteiger partial charge in [-0.25, -0.2) is 4.39 Å². The van der Waals surface area contributed by atoms with Crippen molar-refractivity contribution in [3.63, 3.8) is 0 Å². The summed E-state index contributed by atoms with van der Waals surface area (Å²) < 4.78 is 11.6. The number of hydrogen-bond donors (Lipinski definition) is 0. The molecule has 0 radical (unpaired) electrons. The molecule has 0 aliphatic heterocycles. The Kier molecular flexibility index (Phi) is 2.62. The number of aromatic nitrogens is 1. The number of rotatable bonds is 2. The Labute approximate surface area is 59.2 Å². The van der Waals surface area contributed by atoms with Crippen LogP contribution in [0.2, 0.25) is 0 Å². The number of nitrogens with zero attached hydrogens (tertiary/aromatic N) is 1. The summed E-state index contributed by atoms with van der Waals surface area (Å²) >= 11 is 0. The van der Waals surface area contributed by atoms with Crippen LogP contribution in [0.15, 0.2) is 30.6 Å². The van der Waals surface area contributed by atoms with Gasteiger partial charge in [-0.3, -0.25) is 4.98 Å². The topological polar surface area (TPSA) is 12.9 Å². The van der Waals surface area contributed by atoms with Crippen molar-refractivity contribution in [2.75, 3.05) is 6.67 Å². The molecule has 0 aromatic carbocycles. The normalized spacial score (nSPS) is 10.5. The molecular formula is C8H8FN. The molecule has 0 saturated heterocycles. The van der Waals surface area contributed by atoms with Crippen LogP contribution in [-0.2, 0) is 0 Å². The molecule has 52 valence electrons. The van der Waals surface area contributed by atoms with Gasteiger partial charge in [0.15, 0.2) is 0 Å². The van der Waals surface area contributed by atoms with Crippen molar-refractivity contribution in [2.24, 2.45) is 0 Å². The van der Waals surface area contributed by atoms with Crippen LogP contribution in [0.1, 0.15) is 5.56 Å². The van der Waals surface area contributed by atoms with Crippen LogP contribution in [0.4, 0.5) is 4.39 Å². The van der Waals surface area contributed by atoms with Crippen molar-refractivity contribution in [3.05, 3.63) is 36.2 Å². The monoisotopic (exact) mass is 137 g/mol. The van der Waals surface area contributed by atoms with Gasteiger partial charge in [-0.05, 0) is 11.6 Å². The Bertz CT molecular complexity index is 206. The first-order chi connectivity index (χ1) is 4.93. The third-order valence-corrected chi connectivity index (χ3v) is 1.08. The maximum Gasteiger partial charge on any atom is 0.108 e. The van der Waals surface area contributed by atoms with E-state index in [0.717, 1.165) is 5.56 Å². The quantitative estimate of drug-likeness (QED) is 0.608. The Morgan fingerprint density at radius 3 is 3.10 bits per heavy atom. The van der Waals surface area contributed by atoms with Crippen molar-refractivity contribution < 1.29 is 4.39 Å². The molecular weight excluding hydrogens is 129 g/mol. The molecule has 0 aliphatic rings. The SMILES string of the molecule is FC/C=C/c1cccnc1. The molecule has 1 nitrogen and oxygen atoms in total. The highest BCUT2D eigenvalue weighted by atomic mass is 19.1. The molecule has 0 aliphatic carbocycles. The van der Waals surface area contributed by atoms with Gasteiger partial charge >= 0.3 is 0 Å². The highest BCUT2D eigenvalue weighted by Gasteiger charge is 1.80. The first-order valence-electron chi connectivity index (χ1n) is 3.06. The molecule has 0 fully saturated rings. The third kappa shape index (κ3) is 1.97. The van der Waals surface area contributed by atoms with E-state index in [4.69, 9.17) is 0 Å². The number of pyridine rings is 1. The van der Waals surface area contributed by atoms with Crippen molar-refractivity contribution in [2.45, 2.75) is 0 Å². The van der Waals surface area contributed by atoms with Crippen LogP contribution < -0.4 is 0 Å². The Hall–Kier alpha value is -1.18. The van der Waals surface area contributed by atoms with E-state index in [1.165, 1.54) is 6.08 Å². The van der Waals surface area contributed by atoms with Gasteiger partial charge in [0.25, 0.3) is 0 Å². The second kappa shape index (κ2) is 3.77. The lowest BCUT2D eigenvalue weighted by molar-refractivity contribution is 0.563. The van der Waals surface area contributed by atoms with E-state index in [9.17, 15) is 4.39 Å². The average molecular weight is 137 g/mol. The van der Waals surface area contributed by atoms with E-state index < -0.39 is 6.67 Å². The summed E-state index contributed by atoms with van der Waals surface area (Å²) in [6.07, 6.45) is 6.53. The second-order valence-electron chi connectivity index (χ2n) is 1.84. The fourth-order valence-electron chi connectivity index (χ4n) is 0.655. The van der Waals surface area contributed by atoms with Crippen molar-refractivity contribution in [3.8, 4) is 0 Å². The Balaban J connectivity index is 2.67. The first-order valence-corrected chi connectivity index (χ1v) is 3.06. The second-order valence-corrected chi connectivity index (χ2v) is 1.84. The molecule has 1 heterocycles. The van der Waals surface area contributed by atoms with E-state index in [1.807, 2.05) is 12.1 Å². The van der Waals surface area contributed by atoms with E-state index >= 15 is 0 Å². The van der Waals surface area contributed by atoms with Crippen LogP contribution in [0, 0.1) is 0 Å². The molecule has 2 heteroatoms. The molecule has 10 heavy (non-hydrogen) atoms. The number of alkyl halides is 1. The summed E-state index contributed by atoms with van der Waals surface area (Å²) in [5.74, 6) is 0. The number of hydrogen-bond acceptors (Lipinski definition) is 1. The Morgan fingerprint density at radius 2 is 2.50 bits per heavy atom. The van der Waals surface area contributed by atoms with Gasteiger partial charge in [0.05, 0.1) is 0 Å². The van der Waals surface area contributed by atoms with E-state index in [2.05, 4.69) is 4.98 Å². The lowest BCUT2D eigenvalue weighted by Crippen LogP contribution is -1.72. The smallest absolute Gasteiger partial charge is 0.108 e. The van der Waals surface area contributed by atoms with Crippen LogP contribution in [0.25, 0.3) is 6.08 Å². The summed E-state index contributed by atoms with van der Waals surface area (Å²) in [6, 6.07) is 3.69. The lowest BCUT2D eigenvalue weighted by Gasteiger charge is -1.87. The highest BCUT2D eigenvalue weighted by Crippen LogP contribution is 1.97. The highest BCUT2D eigenvalue weighted by molar-refractivity contribution is 5.47. The van der Waals surface area contributed by atoms with Gasteiger partial charge in [-0.15, -0.1) is 0 Å². The zero-order valence-corrected chi connectivity index (χ0v) is 5.50. The molecule has 0 atom stereocenters. The molecule has 1 aromatic rings. The molecule has 0 N–H and O–H groups in total. The van der Waals surface area contributed by atoms with Gasteiger partial charge in [0, 0.05) is 12.4 Å². The molecule has 0 amide bonds. The van der Waals surface area contributed by atoms with Crippen molar-refractivity contribution in [1.29, 1.82) is 0 Å². The minimum Gasteiger partial charge on any atom is -0.264 e. The van der Waals surface area contributed by atoms with Crippen molar-refractivity contribution in [1.82, 2.24) is 4.98 Å². The third-order valence-electron chi connectivity index (χ3n) is 1.08. The van der Waals surface area contributed by atoms with Crippen LogP contribution in [0.5, 0.6) is 0 Å². The fourth-order valence-corrected chi connectivity index (χ4v) is 0.655. The lowest BCUT2D eigenvalue weighted by atomic mass is 10.3. The average Bonchev–Trinajstić information content (AvgIpc) is 2.03. The van der Waals surface area contributed by atoms with Crippen molar-refractivity contribution >= 4 is 6.08 Å². The summed E-state index contributed by atoms with van der Waals surface area (Å²) in [5, 5.41) is 0. The molecule has 0 bridgehead atoms. The predicted octanol–water partition coefficient (Wildman–Crippen LogP) is 2.06. The fraction of sp³-hybridized carbons (Fsp3) is 0.125. The predicted molar refractivity (Wildman–Crippen MR) is 39.2 cm³/mol. The standard InChI is InChI=1S/C8H8FN/c9-5-1-3-8-4-2-6-10-7-8/h1-4,6-7H,5H2/b3-1+. The molecule has 1 aromatic heterocycles. The van der Waals surface area contributed by atoms with Gasteiger partial charge in [0.2, 0.25) is 0 Å². The van der Waals surface area contributed by atoms with Crippen LogP contribution in [0.3, 0.4) is 0 Å². The van der Waals surface area contributed by atoms with Crippen LogP contribution >= 0.6 is 0 Å². The molecule has 0 saturated carbocycles. The minimum atomic E-state index is -0.422. The van der Waals surface area contributed by atoms with Gasteiger partial charge in [-0.2, -0.15) is 0 Å². The summed E-state index contributed by atoms with van der Waals surface area (Å²) in [4.78, 5) is 3.86.